The Morgan fingerprint density at radius 2 is 2.15 bits per heavy atom. The third kappa shape index (κ3) is 6.94. The minimum Gasteiger partial charge on any atom is -0.460 e. The van der Waals surface area contributed by atoms with E-state index in [2.05, 4.69) is 14.5 Å². The van der Waals surface area contributed by atoms with E-state index >= 15 is 0 Å². The SMILES string of the molecule is CC(C)(C)OC(=O)CC(CO)NP. The van der Waals surface area contributed by atoms with Crippen LogP contribution < -0.4 is 5.09 Å². The first-order valence-corrected chi connectivity index (χ1v) is 4.75. The molecular weight excluding hydrogens is 189 g/mol. The van der Waals surface area contributed by atoms with Crippen LogP contribution in [0.3, 0.4) is 0 Å². The zero-order valence-corrected chi connectivity index (χ0v) is 9.49. The molecule has 5 heteroatoms. The molecule has 0 fully saturated rings. The summed E-state index contributed by atoms with van der Waals surface area (Å²) in [6.45, 7) is 5.36. The topological polar surface area (TPSA) is 58.6 Å². The summed E-state index contributed by atoms with van der Waals surface area (Å²) in [7, 11) is 2.26. The van der Waals surface area contributed by atoms with Gasteiger partial charge in [-0.2, -0.15) is 0 Å². The molecule has 13 heavy (non-hydrogen) atoms. The van der Waals surface area contributed by atoms with E-state index in [-0.39, 0.29) is 25.0 Å². The largest absolute Gasteiger partial charge is 0.460 e. The third-order valence-corrected chi connectivity index (χ3v) is 1.76. The van der Waals surface area contributed by atoms with Crippen molar-refractivity contribution in [3.8, 4) is 0 Å². The van der Waals surface area contributed by atoms with E-state index in [1.54, 1.807) is 0 Å². The van der Waals surface area contributed by atoms with Gasteiger partial charge in [-0.15, -0.1) is 0 Å². The highest BCUT2D eigenvalue weighted by Gasteiger charge is 2.18. The summed E-state index contributed by atoms with van der Waals surface area (Å²) < 4.78 is 5.07. The van der Waals surface area contributed by atoms with Gasteiger partial charge in [-0.1, -0.05) is 9.39 Å². The number of carbonyl (C=O) groups is 1. The first-order valence-electron chi connectivity index (χ1n) is 4.18. The fourth-order valence-corrected chi connectivity index (χ4v) is 0.984. The van der Waals surface area contributed by atoms with E-state index in [0.717, 1.165) is 0 Å². The Bertz CT molecular complexity index is 163. The number of hydrogen-bond donors (Lipinski definition) is 2. The summed E-state index contributed by atoms with van der Waals surface area (Å²) in [6.07, 6.45) is 0.178. The summed E-state index contributed by atoms with van der Waals surface area (Å²) >= 11 is 0. The lowest BCUT2D eigenvalue weighted by atomic mass is 10.2. The Kier molecular flexibility index (Phi) is 5.45. The molecule has 0 saturated carbocycles. The Labute approximate surface area is 81.3 Å². The second-order valence-electron chi connectivity index (χ2n) is 3.84. The predicted molar refractivity (Wildman–Crippen MR) is 54.2 cm³/mol. The van der Waals surface area contributed by atoms with Crippen LogP contribution in [0.4, 0.5) is 0 Å². The highest BCUT2D eigenvalue weighted by atomic mass is 31.0. The molecule has 0 aromatic rings. The maximum Gasteiger partial charge on any atom is 0.307 e. The number of carbonyl (C=O) groups excluding carboxylic acids is 1. The van der Waals surface area contributed by atoms with Gasteiger partial charge in [0.05, 0.1) is 13.0 Å². The van der Waals surface area contributed by atoms with Crippen molar-refractivity contribution in [3.05, 3.63) is 0 Å². The van der Waals surface area contributed by atoms with Crippen molar-refractivity contribution >= 4 is 15.4 Å². The van der Waals surface area contributed by atoms with Crippen molar-refractivity contribution in [2.24, 2.45) is 0 Å². The van der Waals surface area contributed by atoms with Crippen LogP contribution >= 0.6 is 9.39 Å². The molecule has 0 aliphatic rings. The molecule has 0 bridgehead atoms. The Morgan fingerprint density at radius 1 is 1.62 bits per heavy atom. The number of hydrogen-bond acceptors (Lipinski definition) is 4. The van der Waals surface area contributed by atoms with Crippen molar-refractivity contribution in [1.82, 2.24) is 5.09 Å². The summed E-state index contributed by atoms with van der Waals surface area (Å²) in [6, 6.07) is -0.250. The highest BCUT2D eigenvalue weighted by Crippen LogP contribution is 2.09. The molecule has 78 valence electrons. The maximum atomic E-state index is 11.2. The van der Waals surface area contributed by atoms with Crippen LogP contribution in [-0.4, -0.2) is 29.3 Å². The van der Waals surface area contributed by atoms with Gasteiger partial charge < -0.3 is 9.84 Å². The molecule has 0 rings (SSSR count). The van der Waals surface area contributed by atoms with E-state index in [0.29, 0.717) is 0 Å². The fraction of sp³-hybridized carbons (Fsp3) is 0.875. The molecule has 2 N–H and O–H groups in total. The standard InChI is InChI=1S/C8H18NO3P/c1-8(2,3)12-7(11)4-6(5-10)9-13/h6,9-10H,4-5,13H2,1-3H3. The normalized spacial score (nSPS) is 13.9. The van der Waals surface area contributed by atoms with Crippen LogP contribution in [-0.2, 0) is 9.53 Å². The molecule has 0 radical (unpaired) electrons. The summed E-state index contributed by atoms with van der Waals surface area (Å²) in [5.41, 5.74) is -0.460. The molecule has 2 atom stereocenters. The quantitative estimate of drug-likeness (QED) is 0.519. The smallest absolute Gasteiger partial charge is 0.307 e. The fourth-order valence-electron chi connectivity index (χ4n) is 0.761. The molecule has 0 saturated heterocycles. The Morgan fingerprint density at radius 3 is 2.46 bits per heavy atom. The van der Waals surface area contributed by atoms with Crippen molar-refractivity contribution < 1.29 is 14.6 Å². The minimum atomic E-state index is -0.460. The summed E-state index contributed by atoms with van der Waals surface area (Å²) in [4.78, 5) is 11.2. The molecular formula is C8H18NO3P. The van der Waals surface area contributed by atoms with Crippen LogP contribution in [0.15, 0.2) is 0 Å². The molecule has 0 heterocycles. The lowest BCUT2D eigenvalue weighted by Gasteiger charge is -2.21. The van der Waals surface area contributed by atoms with Crippen molar-refractivity contribution in [1.29, 1.82) is 0 Å². The number of rotatable bonds is 4. The van der Waals surface area contributed by atoms with E-state index in [1.807, 2.05) is 20.8 Å². The molecule has 0 aliphatic carbocycles. The van der Waals surface area contributed by atoms with E-state index in [4.69, 9.17) is 9.84 Å². The molecule has 0 aromatic heterocycles. The van der Waals surface area contributed by atoms with Crippen LogP contribution in [0, 0.1) is 0 Å². The second kappa shape index (κ2) is 5.53. The monoisotopic (exact) mass is 207 g/mol. The van der Waals surface area contributed by atoms with Gasteiger partial charge in [0, 0.05) is 6.04 Å². The predicted octanol–water partition coefficient (Wildman–Crippen LogP) is 0.459. The first-order chi connectivity index (χ1) is 5.89. The third-order valence-electron chi connectivity index (χ3n) is 1.29. The summed E-state index contributed by atoms with van der Waals surface area (Å²) in [5, 5.41) is 11.5. The van der Waals surface area contributed by atoms with Gasteiger partial charge in [0.2, 0.25) is 0 Å². The zero-order valence-electron chi connectivity index (χ0n) is 8.33. The summed E-state index contributed by atoms with van der Waals surface area (Å²) in [5.74, 6) is -0.304. The maximum absolute atomic E-state index is 11.2. The van der Waals surface area contributed by atoms with E-state index in [9.17, 15) is 4.79 Å². The number of aliphatic hydroxyl groups is 1. The van der Waals surface area contributed by atoms with E-state index in [1.165, 1.54) is 0 Å². The highest BCUT2D eigenvalue weighted by molar-refractivity contribution is 7.13. The molecule has 2 unspecified atom stereocenters. The van der Waals surface area contributed by atoms with E-state index < -0.39 is 5.60 Å². The number of ether oxygens (including phenoxy) is 1. The number of nitrogens with one attached hydrogen (secondary N) is 1. The van der Waals surface area contributed by atoms with Gasteiger partial charge in [-0.3, -0.25) is 9.88 Å². The van der Waals surface area contributed by atoms with Gasteiger partial charge in [0.15, 0.2) is 0 Å². The van der Waals surface area contributed by atoms with Crippen LogP contribution in [0.5, 0.6) is 0 Å². The van der Waals surface area contributed by atoms with Gasteiger partial charge in [0.25, 0.3) is 0 Å². The lowest BCUT2D eigenvalue weighted by molar-refractivity contribution is -0.155. The van der Waals surface area contributed by atoms with Crippen LogP contribution in [0.2, 0.25) is 0 Å². The minimum absolute atomic E-state index is 0.0806. The van der Waals surface area contributed by atoms with Gasteiger partial charge in [0.1, 0.15) is 5.60 Å². The average molecular weight is 207 g/mol. The molecule has 0 amide bonds. The Balaban J connectivity index is 3.86. The molecule has 0 aromatic carbocycles. The Hall–Kier alpha value is -0.180. The van der Waals surface area contributed by atoms with Gasteiger partial charge >= 0.3 is 5.97 Å². The van der Waals surface area contributed by atoms with Crippen molar-refractivity contribution in [2.45, 2.75) is 38.8 Å². The zero-order chi connectivity index (χ0) is 10.5. The van der Waals surface area contributed by atoms with Crippen LogP contribution in [0.1, 0.15) is 27.2 Å². The average Bonchev–Trinajstić information content (AvgIpc) is 1.96. The van der Waals surface area contributed by atoms with Crippen LogP contribution in [0.25, 0.3) is 0 Å². The molecule has 0 aliphatic heterocycles. The second-order valence-corrected chi connectivity index (χ2v) is 4.17. The molecule has 4 nitrogen and oxygen atoms in total. The number of esters is 1. The number of aliphatic hydroxyl groups excluding tert-OH is 1. The van der Waals surface area contributed by atoms with Crippen molar-refractivity contribution in [2.75, 3.05) is 6.61 Å². The first kappa shape index (κ1) is 12.8. The van der Waals surface area contributed by atoms with Crippen molar-refractivity contribution in [3.63, 3.8) is 0 Å². The van der Waals surface area contributed by atoms with Gasteiger partial charge in [-0.25, -0.2) is 0 Å². The van der Waals surface area contributed by atoms with Gasteiger partial charge in [-0.05, 0) is 20.8 Å². The lowest BCUT2D eigenvalue weighted by Crippen LogP contribution is -2.32. The molecule has 0 spiro atoms.